The van der Waals surface area contributed by atoms with Crippen LogP contribution in [0.2, 0.25) is 0 Å². The van der Waals surface area contributed by atoms with Crippen LogP contribution in [0.3, 0.4) is 0 Å². The largest absolute Gasteiger partial charge is 0.416 e. The summed E-state index contributed by atoms with van der Waals surface area (Å²) in [6.07, 6.45) is -10.1. The Morgan fingerprint density at radius 3 is 2.04 bits per heavy atom. The van der Waals surface area contributed by atoms with Crippen molar-refractivity contribution in [3.63, 3.8) is 0 Å². The van der Waals surface area contributed by atoms with E-state index in [1.165, 1.54) is 17.4 Å². The molecule has 25 heavy (non-hydrogen) atoms. The lowest BCUT2D eigenvalue weighted by molar-refractivity contribution is -0.143. The fourth-order valence-electron chi connectivity index (χ4n) is 2.69. The Labute approximate surface area is 141 Å². The first-order chi connectivity index (χ1) is 11.5. The number of carbonyl (C=O) groups excluding carboxylic acids is 2. The number of hydrogen-bond acceptors (Lipinski definition) is 3. The molecule has 0 radical (unpaired) electrons. The number of alkyl halides is 6. The third-order valence-electron chi connectivity index (χ3n) is 3.91. The molecular formula is C16H8F6O2S. The zero-order valence-electron chi connectivity index (χ0n) is 12.2. The Hall–Kier alpha value is -2.16. The summed E-state index contributed by atoms with van der Waals surface area (Å²) in [7, 11) is 0. The average Bonchev–Trinajstić information content (AvgIpc) is 3.08. The Bertz CT molecular complexity index is 830. The molecule has 3 rings (SSSR count). The molecule has 1 atom stereocenters. The zero-order chi connectivity index (χ0) is 18.6. The fraction of sp³-hybridized carbons (Fsp3) is 0.250. The Kier molecular flexibility index (Phi) is 4.02. The maximum Gasteiger partial charge on any atom is 0.416 e. The first-order valence-electron chi connectivity index (χ1n) is 6.93. The van der Waals surface area contributed by atoms with E-state index in [9.17, 15) is 35.9 Å². The molecule has 1 unspecified atom stereocenters. The van der Waals surface area contributed by atoms with Gasteiger partial charge in [-0.25, -0.2) is 0 Å². The molecule has 2 nitrogen and oxygen atoms in total. The molecule has 0 aliphatic heterocycles. The monoisotopic (exact) mass is 378 g/mol. The Morgan fingerprint density at radius 1 is 1.00 bits per heavy atom. The number of halogens is 6. The minimum Gasteiger partial charge on any atom is -0.293 e. The van der Waals surface area contributed by atoms with Crippen LogP contribution in [-0.2, 0) is 18.8 Å². The van der Waals surface area contributed by atoms with Crippen molar-refractivity contribution in [3.05, 3.63) is 56.8 Å². The molecule has 0 saturated heterocycles. The number of thiophene rings is 1. The van der Waals surface area contributed by atoms with E-state index in [0.29, 0.717) is 22.6 Å². The summed E-state index contributed by atoms with van der Waals surface area (Å²) in [5, 5.41) is 1.63. The first kappa shape index (κ1) is 17.7. The SMILES string of the molecule is O=C(c1cc(C(F)(F)F)cc(C(F)(F)F)c1)C1Cc2sccc2C1=O. The number of benzene rings is 1. The molecule has 0 N–H and O–H groups in total. The average molecular weight is 378 g/mol. The van der Waals surface area contributed by atoms with Gasteiger partial charge in [-0.15, -0.1) is 11.3 Å². The van der Waals surface area contributed by atoms with E-state index in [2.05, 4.69) is 0 Å². The first-order valence-corrected chi connectivity index (χ1v) is 7.80. The maximum atomic E-state index is 12.9. The highest BCUT2D eigenvalue weighted by atomic mass is 32.1. The van der Waals surface area contributed by atoms with Crippen molar-refractivity contribution in [1.82, 2.24) is 0 Å². The van der Waals surface area contributed by atoms with Gasteiger partial charge in [0.25, 0.3) is 0 Å². The van der Waals surface area contributed by atoms with Crippen LogP contribution in [0, 0.1) is 5.92 Å². The van der Waals surface area contributed by atoms with E-state index in [1.807, 2.05) is 0 Å². The van der Waals surface area contributed by atoms with Gasteiger partial charge in [0.05, 0.1) is 17.0 Å². The molecule has 1 aliphatic carbocycles. The topological polar surface area (TPSA) is 34.1 Å². The number of Topliss-reactive ketones (excluding diaryl/α,β-unsaturated/α-hetero) is 2. The second-order valence-electron chi connectivity index (χ2n) is 5.54. The van der Waals surface area contributed by atoms with Crippen molar-refractivity contribution in [2.75, 3.05) is 0 Å². The lowest BCUT2D eigenvalue weighted by Gasteiger charge is -2.15. The zero-order valence-corrected chi connectivity index (χ0v) is 13.0. The summed E-state index contributed by atoms with van der Waals surface area (Å²) in [5.74, 6) is -2.90. The molecule has 0 saturated carbocycles. The highest BCUT2D eigenvalue weighted by Gasteiger charge is 2.41. The van der Waals surface area contributed by atoms with Crippen molar-refractivity contribution in [1.29, 1.82) is 0 Å². The molecule has 1 aromatic carbocycles. The van der Waals surface area contributed by atoms with E-state index in [1.54, 1.807) is 5.38 Å². The molecule has 132 valence electrons. The molecular weight excluding hydrogens is 370 g/mol. The third-order valence-corrected chi connectivity index (χ3v) is 4.85. The third kappa shape index (κ3) is 3.20. The second-order valence-corrected chi connectivity index (χ2v) is 6.54. The second kappa shape index (κ2) is 5.69. The van der Waals surface area contributed by atoms with Gasteiger partial charge in [0.15, 0.2) is 11.6 Å². The quantitative estimate of drug-likeness (QED) is 0.418. The van der Waals surface area contributed by atoms with Crippen LogP contribution >= 0.6 is 11.3 Å². The van der Waals surface area contributed by atoms with Crippen molar-refractivity contribution in [2.45, 2.75) is 18.8 Å². The van der Waals surface area contributed by atoms with Gasteiger partial charge in [0, 0.05) is 16.0 Å². The predicted molar refractivity (Wildman–Crippen MR) is 76.6 cm³/mol. The molecule has 0 fully saturated rings. The lowest BCUT2D eigenvalue weighted by atomic mass is 9.92. The van der Waals surface area contributed by atoms with Gasteiger partial charge < -0.3 is 0 Å². The van der Waals surface area contributed by atoms with Gasteiger partial charge in [-0.3, -0.25) is 9.59 Å². The number of hydrogen-bond donors (Lipinski definition) is 0. The van der Waals surface area contributed by atoms with Crippen LogP contribution in [-0.4, -0.2) is 11.6 Å². The minimum atomic E-state index is -5.05. The Balaban J connectivity index is 2.03. The summed E-state index contributed by atoms with van der Waals surface area (Å²) >= 11 is 1.21. The van der Waals surface area contributed by atoms with Gasteiger partial charge >= 0.3 is 12.4 Å². The van der Waals surface area contributed by atoms with Crippen molar-refractivity contribution in [2.24, 2.45) is 5.92 Å². The van der Waals surface area contributed by atoms with Gasteiger partial charge in [0.2, 0.25) is 0 Å². The van der Waals surface area contributed by atoms with Gasteiger partial charge in [0.1, 0.15) is 0 Å². The number of ketones is 2. The smallest absolute Gasteiger partial charge is 0.293 e. The van der Waals surface area contributed by atoms with Gasteiger partial charge in [-0.1, -0.05) is 0 Å². The molecule has 0 spiro atoms. The molecule has 0 amide bonds. The Morgan fingerprint density at radius 2 is 1.56 bits per heavy atom. The van der Waals surface area contributed by atoms with Gasteiger partial charge in [-0.2, -0.15) is 26.3 Å². The van der Waals surface area contributed by atoms with Crippen LogP contribution in [0.4, 0.5) is 26.3 Å². The molecule has 1 aromatic heterocycles. The van der Waals surface area contributed by atoms with Gasteiger partial charge in [-0.05, 0) is 36.1 Å². The number of fused-ring (bicyclic) bond motifs is 1. The molecule has 9 heteroatoms. The van der Waals surface area contributed by atoms with Crippen LogP contribution in [0.1, 0.15) is 36.7 Å². The molecule has 0 bridgehead atoms. The fourth-order valence-corrected chi connectivity index (χ4v) is 3.62. The lowest BCUT2D eigenvalue weighted by Crippen LogP contribution is -2.22. The van der Waals surface area contributed by atoms with E-state index >= 15 is 0 Å². The molecule has 2 aromatic rings. The van der Waals surface area contributed by atoms with Crippen LogP contribution in [0.25, 0.3) is 0 Å². The maximum absolute atomic E-state index is 12.9. The summed E-state index contributed by atoms with van der Waals surface area (Å²) in [4.78, 5) is 25.2. The standard InChI is InChI=1S/C16H8F6O2S/c17-15(18,19)8-3-7(4-9(5-8)16(20,21)22)13(23)11-6-12-10(14(11)24)1-2-25-12/h1-5,11H,6H2. The summed E-state index contributed by atoms with van der Waals surface area (Å²) in [6, 6.07) is 2.15. The van der Waals surface area contributed by atoms with E-state index in [4.69, 9.17) is 0 Å². The summed E-state index contributed by atoms with van der Waals surface area (Å²) in [5.41, 5.74) is -3.63. The van der Waals surface area contributed by atoms with E-state index in [0.717, 1.165) is 0 Å². The normalized spacial score (nSPS) is 17.7. The molecule has 1 aliphatic rings. The van der Waals surface area contributed by atoms with E-state index in [-0.39, 0.29) is 12.5 Å². The van der Waals surface area contributed by atoms with Crippen LogP contribution in [0.5, 0.6) is 0 Å². The highest BCUT2D eigenvalue weighted by Crippen LogP contribution is 2.38. The van der Waals surface area contributed by atoms with Crippen LogP contribution in [0.15, 0.2) is 29.6 Å². The minimum absolute atomic E-state index is 0.0116. The molecule has 1 heterocycles. The predicted octanol–water partition coefficient (Wildman–Crippen LogP) is 5.02. The van der Waals surface area contributed by atoms with Crippen molar-refractivity contribution < 1.29 is 35.9 Å². The highest BCUT2D eigenvalue weighted by molar-refractivity contribution is 7.10. The number of rotatable bonds is 2. The number of carbonyl (C=O) groups is 2. The summed E-state index contributed by atoms with van der Waals surface area (Å²) in [6.45, 7) is 0. The summed E-state index contributed by atoms with van der Waals surface area (Å²) < 4.78 is 77.2. The van der Waals surface area contributed by atoms with E-state index < -0.39 is 46.5 Å². The van der Waals surface area contributed by atoms with Crippen molar-refractivity contribution in [3.8, 4) is 0 Å². The van der Waals surface area contributed by atoms with Crippen molar-refractivity contribution >= 4 is 22.9 Å². The van der Waals surface area contributed by atoms with Crippen LogP contribution < -0.4 is 0 Å².